The van der Waals surface area contributed by atoms with Crippen LogP contribution in [0.3, 0.4) is 0 Å². The average molecular weight is 518 g/mol. The maximum atomic E-state index is 13.3. The lowest BCUT2D eigenvalue weighted by molar-refractivity contribution is -0.127. The van der Waals surface area contributed by atoms with Gasteiger partial charge in [0, 0.05) is 44.8 Å². The second kappa shape index (κ2) is 11.6. The van der Waals surface area contributed by atoms with Crippen LogP contribution in [0.5, 0.6) is 0 Å². The Morgan fingerprint density at radius 1 is 1.08 bits per heavy atom. The van der Waals surface area contributed by atoms with Gasteiger partial charge in [-0.25, -0.2) is 9.79 Å². The van der Waals surface area contributed by atoms with Crippen LogP contribution in [0.1, 0.15) is 38.7 Å². The number of amides is 1. The molecular weight excluding hydrogens is 482 g/mol. The van der Waals surface area contributed by atoms with Gasteiger partial charge >= 0.3 is 5.69 Å². The highest BCUT2D eigenvalue weighted by molar-refractivity contribution is 6.05. The Labute approximate surface area is 221 Å². The van der Waals surface area contributed by atoms with Crippen molar-refractivity contribution >= 4 is 34.4 Å². The van der Waals surface area contributed by atoms with Gasteiger partial charge < -0.3 is 15.4 Å². The first-order valence-electron chi connectivity index (χ1n) is 13.0. The van der Waals surface area contributed by atoms with Gasteiger partial charge in [-0.3, -0.25) is 18.7 Å². The Morgan fingerprint density at radius 2 is 1.76 bits per heavy atom. The van der Waals surface area contributed by atoms with E-state index in [1.807, 2.05) is 41.3 Å². The van der Waals surface area contributed by atoms with Crippen molar-refractivity contribution in [3.63, 3.8) is 0 Å². The van der Waals surface area contributed by atoms with E-state index in [2.05, 4.69) is 18.8 Å². The summed E-state index contributed by atoms with van der Waals surface area (Å²) in [7, 11) is 3.19. The molecule has 200 valence electrons. The van der Waals surface area contributed by atoms with E-state index in [-0.39, 0.29) is 24.6 Å². The zero-order chi connectivity index (χ0) is 27.4. The van der Waals surface area contributed by atoms with E-state index in [0.717, 1.165) is 29.5 Å². The van der Waals surface area contributed by atoms with Crippen LogP contribution in [0, 0.1) is 0 Å². The number of ether oxygens (including phenoxy) is 1. The maximum absolute atomic E-state index is 13.3. The van der Waals surface area contributed by atoms with E-state index < -0.39 is 5.69 Å². The summed E-state index contributed by atoms with van der Waals surface area (Å²) in [5, 5.41) is 0.457. The number of carbonyl (C=O) groups is 1. The van der Waals surface area contributed by atoms with Crippen molar-refractivity contribution in [3.05, 3.63) is 68.4 Å². The zero-order valence-corrected chi connectivity index (χ0v) is 22.5. The standard InChI is InChI=1S/C29H35N5O4/c1-5-11-33(12-6-2)27(35)22-15-21-8-7-19(16-24(21)31-26(30)18-22)20-9-10-23-25(17-20)32(3)29(37)34(28(23)36)13-14-38-4/h7-10,15-17H,5-6,11-14,18H2,1-4H3,(H2,30,31). The van der Waals surface area contributed by atoms with Crippen molar-refractivity contribution < 1.29 is 9.53 Å². The molecule has 9 nitrogen and oxygen atoms in total. The minimum Gasteiger partial charge on any atom is -0.387 e. The predicted molar refractivity (Wildman–Crippen MR) is 152 cm³/mol. The maximum Gasteiger partial charge on any atom is 0.331 e. The fraction of sp³-hybridized carbons (Fsp3) is 0.379. The second-order valence-electron chi connectivity index (χ2n) is 9.54. The normalized spacial score (nSPS) is 13.1. The Hall–Kier alpha value is -3.98. The molecule has 0 spiro atoms. The van der Waals surface area contributed by atoms with Gasteiger partial charge in [-0.15, -0.1) is 0 Å². The summed E-state index contributed by atoms with van der Waals surface area (Å²) in [4.78, 5) is 45.5. The summed E-state index contributed by atoms with van der Waals surface area (Å²) in [6.07, 6.45) is 3.96. The Morgan fingerprint density at radius 3 is 2.45 bits per heavy atom. The number of rotatable bonds is 9. The SMILES string of the molecule is CCCN(CCC)C(=O)C1=Cc2ccc(-c3ccc4c(=O)n(CCOC)c(=O)n(C)c4c3)cc2N=C(N)C1. The van der Waals surface area contributed by atoms with Gasteiger partial charge in [0.1, 0.15) is 5.84 Å². The molecule has 38 heavy (non-hydrogen) atoms. The number of fused-ring (bicyclic) bond motifs is 2. The zero-order valence-electron chi connectivity index (χ0n) is 22.5. The molecule has 4 rings (SSSR count). The highest BCUT2D eigenvalue weighted by Crippen LogP contribution is 2.32. The number of hydrogen-bond donors (Lipinski definition) is 1. The van der Waals surface area contributed by atoms with Crippen LogP contribution in [0.25, 0.3) is 28.1 Å². The predicted octanol–water partition coefficient (Wildman–Crippen LogP) is 3.44. The van der Waals surface area contributed by atoms with Crippen LogP contribution in [-0.2, 0) is 23.1 Å². The highest BCUT2D eigenvalue weighted by Gasteiger charge is 2.21. The highest BCUT2D eigenvalue weighted by atomic mass is 16.5. The van der Waals surface area contributed by atoms with Crippen molar-refractivity contribution in [1.82, 2.24) is 14.0 Å². The van der Waals surface area contributed by atoms with Gasteiger partial charge in [0.25, 0.3) is 5.56 Å². The summed E-state index contributed by atoms with van der Waals surface area (Å²) >= 11 is 0. The van der Waals surface area contributed by atoms with Gasteiger partial charge in [-0.05, 0) is 48.2 Å². The minimum atomic E-state index is -0.390. The Balaban J connectivity index is 1.75. The summed E-state index contributed by atoms with van der Waals surface area (Å²) in [6.45, 7) is 5.99. The third-order valence-corrected chi connectivity index (χ3v) is 6.75. The van der Waals surface area contributed by atoms with Crippen LogP contribution in [0.4, 0.5) is 5.69 Å². The van der Waals surface area contributed by atoms with Gasteiger partial charge in [0.05, 0.1) is 29.7 Å². The topological polar surface area (TPSA) is 112 Å². The molecule has 0 atom stereocenters. The number of aromatic nitrogens is 2. The number of aliphatic imine (C=N–C) groups is 1. The number of benzene rings is 2. The first-order chi connectivity index (χ1) is 18.3. The molecule has 0 fully saturated rings. The summed E-state index contributed by atoms with van der Waals surface area (Å²) < 4.78 is 7.72. The number of nitrogens with zero attached hydrogens (tertiary/aromatic N) is 4. The third-order valence-electron chi connectivity index (χ3n) is 6.75. The average Bonchev–Trinajstić information content (AvgIpc) is 3.08. The lowest BCUT2D eigenvalue weighted by atomic mass is 10.00. The lowest BCUT2D eigenvalue weighted by Gasteiger charge is -2.22. The molecule has 0 unspecified atom stereocenters. The van der Waals surface area contributed by atoms with E-state index >= 15 is 0 Å². The molecule has 1 aromatic heterocycles. The van der Waals surface area contributed by atoms with Crippen LogP contribution in [-0.4, -0.2) is 52.6 Å². The number of carbonyl (C=O) groups excluding carboxylic acids is 1. The molecule has 1 amide bonds. The summed E-state index contributed by atoms with van der Waals surface area (Å²) in [5.41, 5.74) is 9.87. The van der Waals surface area contributed by atoms with Crippen molar-refractivity contribution in [3.8, 4) is 11.1 Å². The quantitative estimate of drug-likeness (QED) is 0.467. The third kappa shape index (κ3) is 5.33. The molecule has 0 saturated carbocycles. The number of nitrogens with two attached hydrogens (primary N) is 1. The van der Waals surface area contributed by atoms with Crippen molar-refractivity contribution in [2.75, 3.05) is 26.8 Å². The van der Waals surface area contributed by atoms with Crippen molar-refractivity contribution in [1.29, 1.82) is 0 Å². The Kier molecular flexibility index (Phi) is 8.26. The molecule has 3 aromatic rings. The molecule has 9 heteroatoms. The molecule has 1 aliphatic heterocycles. The van der Waals surface area contributed by atoms with Crippen LogP contribution < -0.4 is 17.0 Å². The van der Waals surface area contributed by atoms with Crippen LogP contribution >= 0.6 is 0 Å². The monoisotopic (exact) mass is 517 g/mol. The van der Waals surface area contributed by atoms with Crippen LogP contribution in [0.2, 0.25) is 0 Å². The van der Waals surface area contributed by atoms with Crippen molar-refractivity contribution in [2.24, 2.45) is 17.8 Å². The summed E-state index contributed by atoms with van der Waals surface area (Å²) in [6, 6.07) is 11.2. The largest absolute Gasteiger partial charge is 0.387 e. The molecule has 0 saturated heterocycles. The lowest BCUT2D eigenvalue weighted by Crippen LogP contribution is -2.40. The number of methoxy groups -OCH3 is 1. The van der Waals surface area contributed by atoms with Crippen LogP contribution in [0.15, 0.2) is 56.6 Å². The van der Waals surface area contributed by atoms with Gasteiger partial charge in [0.2, 0.25) is 5.91 Å². The fourth-order valence-electron chi connectivity index (χ4n) is 4.83. The van der Waals surface area contributed by atoms with Gasteiger partial charge in [0.15, 0.2) is 0 Å². The minimum absolute atomic E-state index is 0.00428. The molecular formula is C29H35N5O4. The molecule has 1 aliphatic rings. The van der Waals surface area contributed by atoms with Gasteiger partial charge in [-0.2, -0.15) is 0 Å². The fourth-order valence-corrected chi connectivity index (χ4v) is 4.83. The smallest absolute Gasteiger partial charge is 0.331 e. The van der Waals surface area contributed by atoms with E-state index in [4.69, 9.17) is 10.5 Å². The molecule has 0 aliphatic carbocycles. The number of amidine groups is 1. The number of aryl methyl sites for hydroxylation is 1. The van der Waals surface area contributed by atoms with Crippen molar-refractivity contribution in [2.45, 2.75) is 39.7 Å². The molecule has 2 N–H and O–H groups in total. The van der Waals surface area contributed by atoms with Gasteiger partial charge in [-0.1, -0.05) is 32.0 Å². The first kappa shape index (κ1) is 27.1. The molecule has 2 heterocycles. The van der Waals surface area contributed by atoms with E-state index in [1.54, 1.807) is 13.1 Å². The Bertz CT molecular complexity index is 1540. The molecule has 0 bridgehead atoms. The van der Waals surface area contributed by atoms with E-state index in [9.17, 15) is 14.4 Å². The first-order valence-corrected chi connectivity index (χ1v) is 13.0. The van der Waals surface area contributed by atoms with E-state index in [0.29, 0.717) is 47.5 Å². The molecule has 0 radical (unpaired) electrons. The summed E-state index contributed by atoms with van der Waals surface area (Å²) in [5.74, 6) is 0.376. The second-order valence-corrected chi connectivity index (χ2v) is 9.54. The van der Waals surface area contributed by atoms with E-state index in [1.165, 1.54) is 16.2 Å². The number of hydrogen-bond acceptors (Lipinski definition) is 6. The molecule has 2 aromatic carbocycles.